The number of aromatic nitrogens is 1. The Hall–Kier alpha value is -1.83. The summed E-state index contributed by atoms with van der Waals surface area (Å²) >= 11 is 1.41. The number of nitrogens with two attached hydrogens (primary N) is 1. The van der Waals surface area contributed by atoms with Gasteiger partial charge in [-0.05, 0) is 44.4 Å². The number of benzene rings is 1. The summed E-state index contributed by atoms with van der Waals surface area (Å²) in [4.78, 5) is 20.0. The minimum atomic E-state index is -0.0227. The molecule has 0 aliphatic carbocycles. The summed E-state index contributed by atoms with van der Waals surface area (Å²) in [7, 11) is 0. The van der Waals surface area contributed by atoms with Crippen LogP contribution in [0.4, 0.5) is 0 Å². The zero-order chi connectivity index (χ0) is 17.4. The second-order valence-corrected chi connectivity index (χ2v) is 7.55. The Morgan fingerprint density at radius 2 is 2.15 bits per heavy atom. The van der Waals surface area contributed by atoms with Crippen LogP contribution in [0.15, 0.2) is 24.4 Å². The Morgan fingerprint density at radius 1 is 1.35 bits per heavy atom. The van der Waals surface area contributed by atoms with Crippen molar-refractivity contribution in [2.45, 2.75) is 38.3 Å². The molecule has 3 heterocycles. The van der Waals surface area contributed by atoms with Crippen LogP contribution >= 0.6 is 23.7 Å². The predicted octanol–water partition coefficient (Wildman–Crippen LogP) is 3.30. The summed E-state index contributed by atoms with van der Waals surface area (Å²) in [5.74, 6) is 1.49. The molecule has 1 saturated heterocycles. The molecule has 2 atom stereocenters. The lowest BCUT2D eigenvalue weighted by atomic mass is 9.97. The van der Waals surface area contributed by atoms with Gasteiger partial charge in [-0.1, -0.05) is 0 Å². The summed E-state index contributed by atoms with van der Waals surface area (Å²) in [6.45, 7) is 2.98. The maximum absolute atomic E-state index is 12.9. The van der Waals surface area contributed by atoms with Gasteiger partial charge in [0, 0.05) is 24.2 Å². The fourth-order valence-corrected chi connectivity index (χ4v) is 4.30. The van der Waals surface area contributed by atoms with E-state index in [2.05, 4.69) is 4.98 Å². The van der Waals surface area contributed by atoms with Gasteiger partial charge in [0.05, 0.1) is 6.20 Å². The molecule has 1 amide bonds. The van der Waals surface area contributed by atoms with Crippen molar-refractivity contribution in [3.8, 4) is 22.1 Å². The molecule has 6 nitrogen and oxygen atoms in total. The van der Waals surface area contributed by atoms with Crippen molar-refractivity contribution in [1.29, 1.82) is 0 Å². The average Bonchev–Trinajstić information content (AvgIpc) is 3.29. The standard InChI is InChI=1S/C18H21N3O3S.ClH/c1-11(19)13-4-2-3-7-21(13)18(22)16-9-20-17(25-16)12-5-6-14-15(8-12)24-10-23-14;/h5-6,8-9,11,13H,2-4,7,10,19H2,1H3;1H. The third-order valence-electron chi connectivity index (χ3n) is 4.75. The van der Waals surface area contributed by atoms with Crippen LogP contribution < -0.4 is 15.2 Å². The van der Waals surface area contributed by atoms with Crippen molar-refractivity contribution in [1.82, 2.24) is 9.88 Å². The molecule has 0 saturated carbocycles. The van der Waals surface area contributed by atoms with Crippen molar-refractivity contribution in [2.75, 3.05) is 13.3 Å². The van der Waals surface area contributed by atoms with E-state index >= 15 is 0 Å². The number of halogens is 1. The van der Waals surface area contributed by atoms with E-state index in [4.69, 9.17) is 15.2 Å². The number of carbonyl (C=O) groups is 1. The number of likely N-dealkylation sites (tertiary alicyclic amines) is 1. The molecule has 1 fully saturated rings. The quantitative estimate of drug-likeness (QED) is 0.862. The van der Waals surface area contributed by atoms with Crippen LogP contribution in [0.25, 0.3) is 10.6 Å². The lowest BCUT2D eigenvalue weighted by Crippen LogP contribution is -2.51. The minimum Gasteiger partial charge on any atom is -0.454 e. The Bertz CT molecular complexity index is 796. The van der Waals surface area contributed by atoms with Crippen LogP contribution in [-0.4, -0.2) is 41.2 Å². The predicted molar refractivity (Wildman–Crippen MR) is 103 cm³/mol. The number of thiazole rings is 1. The molecule has 0 bridgehead atoms. The van der Waals surface area contributed by atoms with Gasteiger partial charge in [-0.15, -0.1) is 23.7 Å². The fourth-order valence-electron chi connectivity index (χ4n) is 3.43. The Labute approximate surface area is 162 Å². The van der Waals surface area contributed by atoms with Gasteiger partial charge in [0.2, 0.25) is 6.79 Å². The summed E-state index contributed by atoms with van der Waals surface area (Å²) in [6, 6.07) is 5.80. The zero-order valence-electron chi connectivity index (χ0n) is 14.5. The Balaban J connectivity index is 0.00000196. The molecular formula is C18H22ClN3O3S. The fraction of sp³-hybridized carbons (Fsp3) is 0.444. The van der Waals surface area contributed by atoms with Crippen molar-refractivity contribution in [2.24, 2.45) is 5.73 Å². The highest BCUT2D eigenvalue weighted by Gasteiger charge is 2.31. The topological polar surface area (TPSA) is 77.7 Å². The van der Waals surface area contributed by atoms with E-state index in [1.54, 1.807) is 6.20 Å². The van der Waals surface area contributed by atoms with Gasteiger partial charge in [-0.3, -0.25) is 4.79 Å². The molecule has 2 aliphatic heterocycles. The molecule has 2 aromatic rings. The second-order valence-electron chi connectivity index (χ2n) is 6.52. The van der Waals surface area contributed by atoms with Crippen molar-refractivity contribution in [3.63, 3.8) is 0 Å². The van der Waals surface area contributed by atoms with Crippen LogP contribution in [0.5, 0.6) is 11.5 Å². The highest BCUT2D eigenvalue weighted by Crippen LogP contribution is 2.37. The normalized spacial score (nSPS) is 19.8. The highest BCUT2D eigenvalue weighted by molar-refractivity contribution is 7.16. The number of piperidine rings is 1. The summed E-state index contributed by atoms with van der Waals surface area (Å²) in [5.41, 5.74) is 7.02. The molecule has 2 N–H and O–H groups in total. The Morgan fingerprint density at radius 3 is 2.96 bits per heavy atom. The van der Waals surface area contributed by atoms with E-state index in [0.29, 0.717) is 10.6 Å². The molecule has 8 heteroatoms. The van der Waals surface area contributed by atoms with Crippen LogP contribution in [-0.2, 0) is 0 Å². The van der Waals surface area contributed by atoms with Crippen LogP contribution in [0, 0.1) is 0 Å². The lowest BCUT2D eigenvalue weighted by molar-refractivity contribution is 0.0588. The number of hydrogen-bond acceptors (Lipinski definition) is 6. The minimum absolute atomic E-state index is 0. The van der Waals surface area contributed by atoms with Gasteiger partial charge >= 0.3 is 0 Å². The van der Waals surface area contributed by atoms with E-state index < -0.39 is 0 Å². The first kappa shape index (κ1) is 18.9. The molecule has 2 aliphatic rings. The summed E-state index contributed by atoms with van der Waals surface area (Å²) in [6.07, 6.45) is 4.79. The second kappa shape index (κ2) is 7.82. The number of fused-ring (bicyclic) bond motifs is 1. The van der Waals surface area contributed by atoms with Crippen molar-refractivity contribution < 1.29 is 14.3 Å². The first-order valence-corrected chi connectivity index (χ1v) is 9.37. The number of nitrogens with zero attached hydrogens (tertiary/aromatic N) is 2. The zero-order valence-corrected chi connectivity index (χ0v) is 16.1. The number of hydrogen-bond donors (Lipinski definition) is 1. The number of ether oxygens (including phenoxy) is 2. The largest absolute Gasteiger partial charge is 0.454 e. The van der Waals surface area contributed by atoms with Crippen LogP contribution in [0.1, 0.15) is 35.9 Å². The summed E-state index contributed by atoms with van der Waals surface area (Å²) < 4.78 is 10.8. The first-order valence-electron chi connectivity index (χ1n) is 8.56. The van der Waals surface area contributed by atoms with Crippen LogP contribution in [0.2, 0.25) is 0 Å². The molecule has 26 heavy (non-hydrogen) atoms. The van der Waals surface area contributed by atoms with Gasteiger partial charge in [0.25, 0.3) is 5.91 Å². The number of rotatable bonds is 3. The average molecular weight is 396 g/mol. The van der Waals surface area contributed by atoms with E-state index in [1.165, 1.54) is 11.3 Å². The van der Waals surface area contributed by atoms with Gasteiger partial charge < -0.3 is 20.1 Å². The summed E-state index contributed by atoms with van der Waals surface area (Å²) in [5, 5.41) is 0.802. The third kappa shape index (κ3) is 3.51. The lowest BCUT2D eigenvalue weighted by Gasteiger charge is -2.37. The van der Waals surface area contributed by atoms with Crippen molar-refractivity contribution in [3.05, 3.63) is 29.3 Å². The smallest absolute Gasteiger partial charge is 0.265 e. The molecular weight excluding hydrogens is 374 g/mol. The maximum Gasteiger partial charge on any atom is 0.265 e. The Kier molecular flexibility index (Phi) is 5.70. The SMILES string of the molecule is CC(N)C1CCCCN1C(=O)c1cnc(-c2ccc3c(c2)OCO3)s1.Cl. The van der Waals surface area contributed by atoms with Crippen LogP contribution in [0.3, 0.4) is 0 Å². The molecule has 140 valence electrons. The highest BCUT2D eigenvalue weighted by atomic mass is 35.5. The van der Waals surface area contributed by atoms with Gasteiger partial charge in [0.15, 0.2) is 11.5 Å². The first-order chi connectivity index (χ1) is 12.1. The number of amides is 1. The van der Waals surface area contributed by atoms with Gasteiger partial charge in [0.1, 0.15) is 9.88 Å². The molecule has 0 spiro atoms. The van der Waals surface area contributed by atoms with E-state index in [0.717, 1.165) is 42.1 Å². The van der Waals surface area contributed by atoms with Gasteiger partial charge in [-0.25, -0.2) is 4.98 Å². The van der Waals surface area contributed by atoms with Gasteiger partial charge in [-0.2, -0.15) is 0 Å². The molecule has 4 rings (SSSR count). The number of carbonyl (C=O) groups excluding carboxylic acids is 1. The van der Waals surface area contributed by atoms with E-state index in [-0.39, 0.29) is 37.2 Å². The van der Waals surface area contributed by atoms with E-state index in [1.807, 2.05) is 30.0 Å². The molecule has 0 radical (unpaired) electrons. The molecule has 1 aromatic heterocycles. The third-order valence-corrected chi connectivity index (χ3v) is 5.79. The maximum atomic E-state index is 12.9. The molecule has 1 aromatic carbocycles. The van der Waals surface area contributed by atoms with Crippen molar-refractivity contribution >= 4 is 29.7 Å². The monoisotopic (exact) mass is 395 g/mol. The van der Waals surface area contributed by atoms with E-state index in [9.17, 15) is 4.79 Å². The molecule has 2 unspecified atom stereocenters.